The predicted octanol–water partition coefficient (Wildman–Crippen LogP) is 6.27. The number of ketones is 2. The molecule has 3 aliphatic heterocycles. The number of fused-ring (bicyclic) bond motifs is 2. The molecule has 3 heterocycles. The standard InChI is InChI=1S/C46H76O11/c1-12-34-18-16-14-15-17-28(5)43(52)45(11,54)44(53)33(10)41(51)32(9)40(50)31(8)39(49)27(4)19-22-38(48)55-42-30(7)36(21-20-34)56-46(35(42)13-2)24-23-26(3)37(57-46)25-29(6)47/h14-16,18-19,22,26-37,39,41-43,47,49,51-52,54H,12-13,17,20-21,23-25H2,1-11H3/b15-14+,18-16+,22-19+/t26-,27-,28+,29+,30+,31-,32-,33-,34-,35-,36-,37?,39+,41+,42+,43-,45+,46-/m1/s1. The Morgan fingerprint density at radius 1 is 0.825 bits per heavy atom. The highest BCUT2D eigenvalue weighted by molar-refractivity contribution is 5.91. The molecule has 2 bridgehead atoms. The third-order valence-corrected chi connectivity index (χ3v) is 13.6. The van der Waals surface area contributed by atoms with Gasteiger partial charge < -0.3 is 39.7 Å². The minimum Gasteiger partial charge on any atom is -0.458 e. The van der Waals surface area contributed by atoms with E-state index in [2.05, 4.69) is 26.8 Å². The number of aliphatic hydroxyl groups excluding tert-OH is 4. The largest absolute Gasteiger partial charge is 0.458 e. The number of allylic oxidation sites excluding steroid dienone is 4. The van der Waals surface area contributed by atoms with Gasteiger partial charge in [-0.2, -0.15) is 0 Å². The molecule has 0 saturated carbocycles. The average molecular weight is 805 g/mol. The van der Waals surface area contributed by atoms with Crippen LogP contribution in [0.25, 0.3) is 0 Å². The normalized spacial score (nSPS) is 46.2. The molecule has 326 valence electrons. The minimum absolute atomic E-state index is 0.163. The predicted molar refractivity (Wildman–Crippen MR) is 220 cm³/mol. The van der Waals surface area contributed by atoms with Gasteiger partial charge >= 0.3 is 5.97 Å². The van der Waals surface area contributed by atoms with Gasteiger partial charge in [0, 0.05) is 42.1 Å². The van der Waals surface area contributed by atoms with Gasteiger partial charge in [0.15, 0.2) is 11.6 Å². The van der Waals surface area contributed by atoms with Gasteiger partial charge in [-0.05, 0) is 76.5 Å². The molecule has 0 aromatic heterocycles. The molecule has 3 rings (SSSR count). The molecule has 0 radical (unpaired) electrons. The lowest BCUT2D eigenvalue weighted by molar-refractivity contribution is -0.374. The third kappa shape index (κ3) is 12.0. The van der Waals surface area contributed by atoms with Crippen molar-refractivity contribution in [3.8, 4) is 0 Å². The topological polar surface area (TPSA) is 180 Å². The quantitative estimate of drug-likeness (QED) is 0.202. The molecule has 2 saturated heterocycles. The first-order chi connectivity index (χ1) is 26.6. The Kier molecular flexibility index (Phi) is 18.4. The number of hydrogen-bond donors (Lipinski definition) is 5. The van der Waals surface area contributed by atoms with Crippen LogP contribution in [0.5, 0.6) is 0 Å². The van der Waals surface area contributed by atoms with E-state index in [1.165, 1.54) is 32.9 Å². The summed E-state index contributed by atoms with van der Waals surface area (Å²) in [5.74, 6) is -7.21. The van der Waals surface area contributed by atoms with Gasteiger partial charge in [-0.15, -0.1) is 0 Å². The number of carbonyl (C=O) groups is 3. The van der Waals surface area contributed by atoms with Crippen LogP contribution in [0.3, 0.4) is 0 Å². The smallest absolute Gasteiger partial charge is 0.330 e. The summed E-state index contributed by atoms with van der Waals surface area (Å²) >= 11 is 0. The second kappa shape index (κ2) is 21.3. The van der Waals surface area contributed by atoms with E-state index in [4.69, 9.17) is 14.2 Å². The van der Waals surface area contributed by atoms with Gasteiger partial charge in [0.05, 0.1) is 42.5 Å². The molecule has 3 aliphatic rings. The van der Waals surface area contributed by atoms with Gasteiger partial charge in [-0.25, -0.2) is 4.79 Å². The van der Waals surface area contributed by atoms with Crippen molar-refractivity contribution in [3.63, 3.8) is 0 Å². The zero-order valence-corrected chi connectivity index (χ0v) is 36.5. The summed E-state index contributed by atoms with van der Waals surface area (Å²) in [7, 11) is 0. The highest BCUT2D eigenvalue weighted by atomic mass is 16.7. The lowest BCUT2D eigenvalue weighted by atomic mass is 9.73. The summed E-state index contributed by atoms with van der Waals surface area (Å²) in [6.45, 7) is 19.2. The summed E-state index contributed by atoms with van der Waals surface area (Å²) in [5.41, 5.74) is -2.18. The molecule has 1 spiro atoms. The van der Waals surface area contributed by atoms with Gasteiger partial charge in [0.2, 0.25) is 0 Å². The second-order valence-corrected chi connectivity index (χ2v) is 18.2. The first-order valence-corrected chi connectivity index (χ1v) is 21.7. The number of Topliss-reactive ketones (excluding diaryl/α,β-unsaturated/α-hetero) is 2. The first kappa shape index (κ1) is 49.1. The average Bonchev–Trinajstić information content (AvgIpc) is 3.17. The van der Waals surface area contributed by atoms with Crippen LogP contribution in [-0.4, -0.2) is 97.2 Å². The molecule has 11 heteroatoms. The van der Waals surface area contributed by atoms with Gasteiger partial charge in [-0.1, -0.05) is 92.7 Å². The molecule has 0 amide bonds. The van der Waals surface area contributed by atoms with Crippen molar-refractivity contribution in [2.45, 2.75) is 182 Å². The van der Waals surface area contributed by atoms with Crippen molar-refractivity contribution in [1.82, 2.24) is 0 Å². The van der Waals surface area contributed by atoms with Crippen molar-refractivity contribution in [2.75, 3.05) is 0 Å². The molecular weight excluding hydrogens is 728 g/mol. The Morgan fingerprint density at radius 3 is 2.09 bits per heavy atom. The van der Waals surface area contributed by atoms with Gasteiger partial charge in [0.1, 0.15) is 17.5 Å². The van der Waals surface area contributed by atoms with Gasteiger partial charge in [-0.3, -0.25) is 9.59 Å². The van der Waals surface area contributed by atoms with E-state index in [0.717, 1.165) is 19.3 Å². The molecule has 5 N–H and O–H groups in total. The zero-order chi connectivity index (χ0) is 43.0. The van der Waals surface area contributed by atoms with Crippen LogP contribution in [0.2, 0.25) is 0 Å². The van der Waals surface area contributed by atoms with Crippen molar-refractivity contribution < 1.29 is 54.1 Å². The second-order valence-electron chi connectivity index (χ2n) is 18.2. The SMILES string of the molecule is CC[C@@H]1/C=C/C=C/C[C@H](C)[C@@H](O)[C@](C)(O)C(=O)[C@H](C)[C@@H](O)[C@H](C)C(=O)[C@H](C)[C@@H](O)[C@H](C)/C=C/C(=O)O[C@H]2[C@@H](C)[C@@H](CC1)O[C@@]1(CC[C@@H](C)C(C[C@H](C)O)O1)[C@@H]2CC. The lowest BCUT2D eigenvalue weighted by Crippen LogP contribution is -2.63. The number of hydrogen-bond acceptors (Lipinski definition) is 11. The fraction of sp³-hybridized carbons (Fsp3) is 0.804. The fourth-order valence-corrected chi connectivity index (χ4v) is 9.37. The Bertz CT molecular complexity index is 1400. The Labute approximate surface area is 342 Å². The number of carbonyl (C=O) groups excluding carboxylic acids is 3. The molecule has 2 fully saturated rings. The molecule has 18 atom stereocenters. The molecule has 0 aliphatic carbocycles. The third-order valence-electron chi connectivity index (χ3n) is 13.6. The number of ether oxygens (including phenoxy) is 3. The van der Waals surface area contributed by atoms with Crippen LogP contribution in [0.1, 0.15) is 128 Å². The van der Waals surface area contributed by atoms with Crippen LogP contribution < -0.4 is 0 Å². The van der Waals surface area contributed by atoms with Crippen molar-refractivity contribution >= 4 is 17.5 Å². The maximum Gasteiger partial charge on any atom is 0.330 e. The fourth-order valence-electron chi connectivity index (χ4n) is 9.37. The summed E-state index contributed by atoms with van der Waals surface area (Å²) in [5, 5.41) is 55.2. The molecule has 0 aromatic rings. The van der Waals surface area contributed by atoms with E-state index in [1.807, 2.05) is 25.2 Å². The van der Waals surface area contributed by atoms with Crippen LogP contribution in [0.15, 0.2) is 36.5 Å². The minimum atomic E-state index is -2.18. The highest BCUT2D eigenvalue weighted by Gasteiger charge is 2.57. The van der Waals surface area contributed by atoms with Crippen LogP contribution >= 0.6 is 0 Å². The lowest BCUT2D eigenvalue weighted by Gasteiger charge is -2.56. The van der Waals surface area contributed by atoms with E-state index < -0.39 is 89.0 Å². The molecule has 1 unspecified atom stereocenters. The maximum absolute atomic E-state index is 13.6. The first-order valence-electron chi connectivity index (χ1n) is 21.7. The molecule has 57 heavy (non-hydrogen) atoms. The molecule has 11 nitrogen and oxygen atoms in total. The van der Waals surface area contributed by atoms with Crippen molar-refractivity contribution in [2.24, 2.45) is 53.3 Å². The Morgan fingerprint density at radius 2 is 1.47 bits per heavy atom. The van der Waals surface area contributed by atoms with Crippen LogP contribution in [0, 0.1) is 53.3 Å². The van der Waals surface area contributed by atoms with E-state index in [9.17, 15) is 39.9 Å². The Balaban J connectivity index is 2.02. The monoisotopic (exact) mass is 805 g/mol. The number of rotatable bonds is 4. The van der Waals surface area contributed by atoms with E-state index in [0.29, 0.717) is 32.1 Å². The van der Waals surface area contributed by atoms with E-state index >= 15 is 0 Å². The van der Waals surface area contributed by atoms with Crippen molar-refractivity contribution in [3.05, 3.63) is 36.5 Å². The molecule has 0 aromatic carbocycles. The highest BCUT2D eigenvalue weighted by Crippen LogP contribution is 2.50. The van der Waals surface area contributed by atoms with Crippen molar-refractivity contribution in [1.29, 1.82) is 0 Å². The van der Waals surface area contributed by atoms with E-state index in [1.54, 1.807) is 27.7 Å². The Hall–Kier alpha value is -2.25. The maximum atomic E-state index is 13.6. The summed E-state index contributed by atoms with van der Waals surface area (Å²) in [6, 6.07) is 0. The van der Waals surface area contributed by atoms with E-state index in [-0.39, 0.29) is 35.9 Å². The number of aliphatic hydroxyl groups is 5. The zero-order valence-electron chi connectivity index (χ0n) is 36.5. The van der Waals surface area contributed by atoms with Crippen LogP contribution in [0.4, 0.5) is 0 Å². The summed E-state index contributed by atoms with van der Waals surface area (Å²) < 4.78 is 20.3. The van der Waals surface area contributed by atoms with Crippen LogP contribution in [-0.2, 0) is 28.6 Å². The van der Waals surface area contributed by atoms with Gasteiger partial charge in [0.25, 0.3) is 0 Å². The summed E-state index contributed by atoms with van der Waals surface area (Å²) in [4.78, 5) is 40.7. The summed E-state index contributed by atoms with van der Waals surface area (Å²) in [6.07, 6.45) is 10.3. The number of esters is 1. The molecular formula is C46H76O11.